The van der Waals surface area contributed by atoms with Gasteiger partial charge in [-0.2, -0.15) is 0 Å². The zero-order valence-electron chi connectivity index (χ0n) is 29.1. The van der Waals surface area contributed by atoms with Gasteiger partial charge in [0.25, 0.3) is 0 Å². The van der Waals surface area contributed by atoms with Crippen LogP contribution < -0.4 is 11.1 Å². The first-order chi connectivity index (χ1) is 24.4. The molecule has 0 aliphatic rings. The predicted molar refractivity (Wildman–Crippen MR) is 220 cm³/mol. The Labute approximate surface area is 296 Å². The average Bonchev–Trinajstić information content (AvgIpc) is 3.48. The van der Waals surface area contributed by atoms with E-state index in [-0.39, 0.29) is 0 Å². The molecule has 7 rings (SSSR count). The molecule has 248 valence electrons. The van der Waals surface area contributed by atoms with Gasteiger partial charge in [-0.3, -0.25) is 5.41 Å². The molecule has 0 radical (unpaired) electrons. The SMILES string of the molecule is C=Cc1cc2c3ccccc3n(-c3cccc(C)c3)c2cc1Nc1ccccc1.C=Cc1ccc(C(=N)c2ccccc2N)cc1C=C.CC. The second-order valence-corrected chi connectivity index (χ2v) is 11.6. The highest BCUT2D eigenvalue weighted by molar-refractivity contribution is 6.14. The molecule has 0 atom stereocenters. The Bertz CT molecular complexity index is 2310. The third-order valence-electron chi connectivity index (χ3n) is 8.42. The standard InChI is InChI=1S/C27H22N2.C17H16N2.C2H6/c1-3-20-17-24-23-14-7-8-15-26(23)29(22-13-9-10-19(2)16-22)27(24)18-25(20)28-21-11-5-4-6-12-21;1-3-12-9-10-14(11-13(12)4-2)17(19)15-7-5-6-8-16(15)18;1-2/h3-18,28H,1H2,2H3;3-11,19H,1-2,18H2;1-2H3. The summed E-state index contributed by atoms with van der Waals surface area (Å²) in [5.41, 5.74) is 18.5. The topological polar surface area (TPSA) is 66.8 Å². The number of benzene rings is 6. The van der Waals surface area contributed by atoms with Crippen molar-refractivity contribution in [1.29, 1.82) is 5.41 Å². The third kappa shape index (κ3) is 7.35. The van der Waals surface area contributed by atoms with Crippen LogP contribution in [0.25, 0.3) is 45.7 Å². The molecule has 4 N–H and O–H groups in total. The summed E-state index contributed by atoms with van der Waals surface area (Å²) in [5, 5.41) is 14.3. The first-order valence-electron chi connectivity index (χ1n) is 16.8. The van der Waals surface area contributed by atoms with E-state index in [0.717, 1.165) is 39.2 Å². The van der Waals surface area contributed by atoms with Gasteiger partial charge < -0.3 is 15.6 Å². The number of nitrogen functional groups attached to an aromatic ring is 1. The molecule has 0 saturated heterocycles. The van der Waals surface area contributed by atoms with Crippen LogP contribution in [0.15, 0.2) is 153 Å². The largest absolute Gasteiger partial charge is 0.398 e. The third-order valence-corrected chi connectivity index (χ3v) is 8.42. The van der Waals surface area contributed by atoms with Crippen molar-refractivity contribution in [3.05, 3.63) is 187 Å². The fourth-order valence-corrected chi connectivity index (χ4v) is 6.00. The van der Waals surface area contributed by atoms with Gasteiger partial charge >= 0.3 is 0 Å². The lowest BCUT2D eigenvalue weighted by atomic mass is 9.96. The molecule has 1 aromatic heterocycles. The van der Waals surface area contributed by atoms with Crippen molar-refractivity contribution in [2.45, 2.75) is 20.8 Å². The van der Waals surface area contributed by atoms with Crippen LogP contribution in [0.3, 0.4) is 0 Å². The van der Waals surface area contributed by atoms with Crippen LogP contribution in [0.5, 0.6) is 0 Å². The van der Waals surface area contributed by atoms with E-state index in [2.05, 4.69) is 109 Å². The molecule has 0 fully saturated rings. The summed E-state index contributed by atoms with van der Waals surface area (Å²) in [7, 11) is 0. The lowest BCUT2D eigenvalue weighted by molar-refractivity contribution is 1.17. The lowest BCUT2D eigenvalue weighted by Gasteiger charge is -2.13. The summed E-state index contributed by atoms with van der Waals surface area (Å²) in [6.45, 7) is 17.7. The number of aryl methyl sites for hydroxylation is 1. The molecular formula is C46H44N4. The highest BCUT2D eigenvalue weighted by Gasteiger charge is 2.15. The van der Waals surface area contributed by atoms with E-state index in [1.165, 1.54) is 33.1 Å². The highest BCUT2D eigenvalue weighted by Crippen LogP contribution is 2.36. The van der Waals surface area contributed by atoms with E-state index < -0.39 is 0 Å². The molecule has 0 aliphatic heterocycles. The van der Waals surface area contributed by atoms with E-state index in [1.807, 2.05) is 74.5 Å². The molecule has 1 heterocycles. The van der Waals surface area contributed by atoms with Crippen molar-refractivity contribution in [2.75, 3.05) is 11.1 Å². The molecular weight excluding hydrogens is 609 g/mol. The number of hydrogen-bond donors (Lipinski definition) is 3. The molecule has 7 aromatic rings. The van der Waals surface area contributed by atoms with Crippen molar-refractivity contribution < 1.29 is 0 Å². The highest BCUT2D eigenvalue weighted by atomic mass is 15.0. The fraction of sp³-hybridized carbons (Fsp3) is 0.0652. The number of para-hydroxylation sites is 3. The Balaban J connectivity index is 0.000000201. The number of aromatic nitrogens is 1. The van der Waals surface area contributed by atoms with Crippen LogP contribution in [0.2, 0.25) is 0 Å². The summed E-state index contributed by atoms with van der Waals surface area (Å²) in [5.74, 6) is 0. The van der Waals surface area contributed by atoms with Crippen LogP contribution in [-0.4, -0.2) is 10.3 Å². The van der Waals surface area contributed by atoms with E-state index in [0.29, 0.717) is 11.4 Å². The second-order valence-electron chi connectivity index (χ2n) is 11.6. The van der Waals surface area contributed by atoms with Crippen molar-refractivity contribution in [3.63, 3.8) is 0 Å². The molecule has 0 saturated carbocycles. The Hall–Kier alpha value is -6.39. The van der Waals surface area contributed by atoms with Gasteiger partial charge in [0.05, 0.1) is 16.7 Å². The van der Waals surface area contributed by atoms with E-state index >= 15 is 0 Å². The summed E-state index contributed by atoms with van der Waals surface area (Å²) < 4.78 is 2.35. The van der Waals surface area contributed by atoms with Crippen LogP contribution in [0.4, 0.5) is 17.1 Å². The van der Waals surface area contributed by atoms with Crippen molar-refractivity contribution in [3.8, 4) is 5.69 Å². The monoisotopic (exact) mass is 652 g/mol. The van der Waals surface area contributed by atoms with Crippen LogP contribution in [0.1, 0.15) is 47.2 Å². The average molecular weight is 653 g/mol. The van der Waals surface area contributed by atoms with Gasteiger partial charge in [-0.1, -0.05) is 131 Å². The molecule has 4 heteroatoms. The van der Waals surface area contributed by atoms with Crippen molar-refractivity contribution >= 4 is 62.8 Å². The molecule has 0 unspecified atom stereocenters. The maximum atomic E-state index is 8.27. The predicted octanol–water partition coefficient (Wildman–Crippen LogP) is 12.5. The van der Waals surface area contributed by atoms with Gasteiger partial charge in [0.15, 0.2) is 0 Å². The van der Waals surface area contributed by atoms with Gasteiger partial charge in [0, 0.05) is 44.6 Å². The number of nitrogens with one attached hydrogen (secondary N) is 2. The summed E-state index contributed by atoms with van der Waals surface area (Å²) >= 11 is 0. The number of nitrogens with zero attached hydrogens (tertiary/aromatic N) is 1. The summed E-state index contributed by atoms with van der Waals surface area (Å²) in [6, 6.07) is 45.2. The summed E-state index contributed by atoms with van der Waals surface area (Å²) in [4.78, 5) is 0. The minimum Gasteiger partial charge on any atom is -0.398 e. The molecule has 6 aromatic carbocycles. The normalized spacial score (nSPS) is 10.3. The molecule has 0 bridgehead atoms. The zero-order valence-corrected chi connectivity index (χ0v) is 29.1. The Morgan fingerprint density at radius 2 is 1.32 bits per heavy atom. The minimum atomic E-state index is 0.414. The zero-order chi connectivity index (χ0) is 35.6. The number of rotatable bonds is 8. The Kier molecular flexibility index (Phi) is 11.3. The quantitative estimate of drug-likeness (QED) is 0.113. The Morgan fingerprint density at radius 1 is 0.640 bits per heavy atom. The smallest absolute Gasteiger partial charge is 0.0705 e. The lowest BCUT2D eigenvalue weighted by Crippen LogP contribution is -2.05. The summed E-state index contributed by atoms with van der Waals surface area (Å²) in [6.07, 6.45) is 5.47. The van der Waals surface area contributed by atoms with E-state index in [9.17, 15) is 0 Å². The maximum absolute atomic E-state index is 8.27. The van der Waals surface area contributed by atoms with Gasteiger partial charge in [0.2, 0.25) is 0 Å². The van der Waals surface area contributed by atoms with Gasteiger partial charge in [-0.15, -0.1) is 0 Å². The van der Waals surface area contributed by atoms with Crippen LogP contribution >= 0.6 is 0 Å². The Morgan fingerprint density at radius 3 is 2.02 bits per heavy atom. The molecule has 0 spiro atoms. The number of hydrogen-bond acceptors (Lipinski definition) is 3. The van der Waals surface area contributed by atoms with Gasteiger partial charge in [-0.25, -0.2) is 0 Å². The van der Waals surface area contributed by atoms with Crippen LogP contribution in [0, 0.1) is 12.3 Å². The van der Waals surface area contributed by atoms with Gasteiger partial charge in [0.1, 0.15) is 0 Å². The molecule has 4 nitrogen and oxygen atoms in total. The van der Waals surface area contributed by atoms with E-state index in [4.69, 9.17) is 11.1 Å². The van der Waals surface area contributed by atoms with Crippen molar-refractivity contribution in [2.24, 2.45) is 0 Å². The molecule has 0 aliphatic carbocycles. The fourth-order valence-electron chi connectivity index (χ4n) is 6.00. The first-order valence-corrected chi connectivity index (χ1v) is 16.8. The first kappa shape index (κ1) is 34.9. The second kappa shape index (κ2) is 16.1. The maximum Gasteiger partial charge on any atom is 0.0705 e. The number of nitrogens with two attached hydrogens (primary N) is 1. The number of fused-ring (bicyclic) bond motifs is 3. The van der Waals surface area contributed by atoms with Crippen LogP contribution in [-0.2, 0) is 0 Å². The van der Waals surface area contributed by atoms with E-state index in [1.54, 1.807) is 18.2 Å². The molecule has 50 heavy (non-hydrogen) atoms. The van der Waals surface area contributed by atoms with Crippen molar-refractivity contribution in [1.82, 2.24) is 4.57 Å². The number of anilines is 3. The minimum absolute atomic E-state index is 0.414. The molecule has 0 amide bonds. The van der Waals surface area contributed by atoms with Gasteiger partial charge in [-0.05, 0) is 83.8 Å².